The first-order valence-electron chi connectivity index (χ1n) is 8.09. The molecular weight excluding hydrogens is 357 g/mol. The Labute approximate surface area is 158 Å². The van der Waals surface area contributed by atoms with E-state index >= 15 is 0 Å². The molecule has 0 spiro atoms. The molecule has 0 atom stereocenters. The molecule has 1 aliphatic heterocycles. The Bertz CT molecular complexity index is 836. The molecule has 3 rings (SSSR count). The topological polar surface area (TPSA) is 51.4 Å². The van der Waals surface area contributed by atoms with Gasteiger partial charge < -0.3 is 15.4 Å². The van der Waals surface area contributed by atoms with Gasteiger partial charge in [0.05, 0.1) is 18.8 Å². The maximum Gasteiger partial charge on any atom is 0.0699 e. The van der Waals surface area contributed by atoms with Crippen LogP contribution in [0.25, 0.3) is 16.8 Å². The van der Waals surface area contributed by atoms with E-state index in [1.165, 1.54) is 0 Å². The van der Waals surface area contributed by atoms with Gasteiger partial charge in [0, 0.05) is 58.3 Å². The fraction of sp³-hybridized carbons (Fsp3) is 0.316. The highest BCUT2D eigenvalue weighted by Crippen LogP contribution is 2.43. The molecule has 0 bridgehead atoms. The van der Waals surface area contributed by atoms with Crippen LogP contribution in [0.1, 0.15) is 22.5 Å². The van der Waals surface area contributed by atoms with Crippen molar-refractivity contribution in [3.63, 3.8) is 0 Å². The number of aromatic nitrogens is 1. The molecule has 2 heterocycles. The second-order valence-electron chi connectivity index (χ2n) is 6.06. The summed E-state index contributed by atoms with van der Waals surface area (Å²) in [6.45, 7) is 8.75. The summed E-state index contributed by atoms with van der Waals surface area (Å²) in [6, 6.07) is 5.52. The van der Waals surface area contributed by atoms with Crippen molar-refractivity contribution in [3.05, 3.63) is 57.3 Å². The third kappa shape index (κ3) is 3.27. The molecule has 1 aromatic heterocycles. The minimum absolute atomic E-state index is 0.381. The molecule has 1 aliphatic rings. The minimum atomic E-state index is 0.381. The molecule has 4 nitrogen and oxygen atoms in total. The first-order valence-corrected chi connectivity index (χ1v) is 8.84. The summed E-state index contributed by atoms with van der Waals surface area (Å²) < 4.78 is 5.21. The van der Waals surface area contributed by atoms with Crippen LogP contribution in [-0.2, 0) is 17.8 Å². The number of fused-ring (bicyclic) bond motifs is 1. The molecule has 0 saturated heterocycles. The average Bonchev–Trinajstić information content (AvgIpc) is 2.87. The predicted molar refractivity (Wildman–Crippen MR) is 104 cm³/mol. The smallest absolute Gasteiger partial charge is 0.0699 e. The van der Waals surface area contributed by atoms with E-state index in [4.69, 9.17) is 38.7 Å². The Balaban J connectivity index is 2.21. The van der Waals surface area contributed by atoms with Gasteiger partial charge in [-0.1, -0.05) is 35.8 Å². The molecule has 1 aromatic carbocycles. The van der Waals surface area contributed by atoms with Crippen LogP contribution in [0, 0.1) is 6.92 Å². The van der Waals surface area contributed by atoms with E-state index < -0.39 is 0 Å². The lowest BCUT2D eigenvalue weighted by Gasteiger charge is -2.20. The number of methoxy groups -OCH3 is 1. The van der Waals surface area contributed by atoms with Crippen molar-refractivity contribution in [1.82, 2.24) is 9.88 Å². The van der Waals surface area contributed by atoms with Gasteiger partial charge in [-0.05, 0) is 24.6 Å². The molecule has 0 fully saturated rings. The third-order valence-corrected chi connectivity index (χ3v) is 5.11. The van der Waals surface area contributed by atoms with Crippen LogP contribution < -0.4 is 5.73 Å². The summed E-state index contributed by atoms with van der Waals surface area (Å²) in [5, 5.41) is 1.20. The zero-order valence-corrected chi connectivity index (χ0v) is 15.9. The highest BCUT2D eigenvalue weighted by atomic mass is 35.5. The standard InChI is InChI=1S/C19H21Cl2N3O/c1-11-15(9-22)19(14-5-4-13(20)8-16(14)21)18-12(2)24(6-7-25-3)10-17(18)23-11/h4-5,8H,2,6-7,9-10,22H2,1,3H3. The van der Waals surface area contributed by atoms with Gasteiger partial charge >= 0.3 is 0 Å². The number of rotatable bonds is 5. The lowest BCUT2D eigenvalue weighted by molar-refractivity contribution is 0.173. The van der Waals surface area contributed by atoms with Crippen LogP contribution in [0.3, 0.4) is 0 Å². The summed E-state index contributed by atoms with van der Waals surface area (Å²) in [7, 11) is 1.69. The molecule has 2 aromatic rings. The van der Waals surface area contributed by atoms with E-state index in [-0.39, 0.29) is 0 Å². The van der Waals surface area contributed by atoms with Crippen LogP contribution in [0.15, 0.2) is 24.8 Å². The van der Waals surface area contributed by atoms with Crippen molar-refractivity contribution < 1.29 is 4.74 Å². The Hall–Kier alpha value is -1.59. The number of hydrogen-bond acceptors (Lipinski definition) is 4. The molecule has 0 radical (unpaired) electrons. The second-order valence-corrected chi connectivity index (χ2v) is 6.91. The van der Waals surface area contributed by atoms with E-state index in [0.717, 1.165) is 45.9 Å². The van der Waals surface area contributed by atoms with Crippen molar-refractivity contribution in [3.8, 4) is 11.1 Å². The van der Waals surface area contributed by atoms with Gasteiger partial charge in [0.1, 0.15) is 0 Å². The maximum absolute atomic E-state index is 6.51. The normalized spacial score (nSPS) is 13.5. The monoisotopic (exact) mass is 377 g/mol. The lowest BCUT2D eigenvalue weighted by atomic mass is 9.92. The summed E-state index contributed by atoms with van der Waals surface area (Å²) >= 11 is 12.6. The van der Waals surface area contributed by atoms with Gasteiger partial charge in [-0.3, -0.25) is 4.98 Å². The average molecular weight is 378 g/mol. The minimum Gasteiger partial charge on any atom is -0.383 e. The third-order valence-electron chi connectivity index (χ3n) is 4.56. The van der Waals surface area contributed by atoms with Gasteiger partial charge in [0.25, 0.3) is 0 Å². The van der Waals surface area contributed by atoms with Gasteiger partial charge in [0.2, 0.25) is 0 Å². The fourth-order valence-corrected chi connectivity index (χ4v) is 3.82. The van der Waals surface area contributed by atoms with E-state index in [1.54, 1.807) is 13.2 Å². The van der Waals surface area contributed by atoms with Crippen LogP contribution in [0.2, 0.25) is 10.0 Å². The molecular formula is C19H21Cl2N3O. The van der Waals surface area contributed by atoms with Crippen molar-refractivity contribution in [2.24, 2.45) is 5.73 Å². The van der Waals surface area contributed by atoms with Gasteiger partial charge in [0.15, 0.2) is 0 Å². The Kier molecular flexibility index (Phi) is 5.35. The zero-order chi connectivity index (χ0) is 18.1. The molecule has 132 valence electrons. The molecule has 2 N–H and O–H groups in total. The number of halogens is 2. The second kappa shape index (κ2) is 7.34. The number of nitrogens with zero attached hydrogens (tertiary/aromatic N) is 2. The van der Waals surface area contributed by atoms with E-state index in [9.17, 15) is 0 Å². The fourth-order valence-electron chi connectivity index (χ4n) is 3.32. The van der Waals surface area contributed by atoms with Gasteiger partial charge in [-0.2, -0.15) is 0 Å². The summed E-state index contributed by atoms with van der Waals surface area (Å²) in [6.07, 6.45) is 0. The number of nitrogens with two attached hydrogens (primary N) is 1. The van der Waals surface area contributed by atoms with E-state index in [0.29, 0.717) is 29.7 Å². The van der Waals surface area contributed by atoms with Crippen LogP contribution in [-0.4, -0.2) is 30.1 Å². The van der Waals surface area contributed by atoms with Crippen LogP contribution in [0.5, 0.6) is 0 Å². The SMILES string of the molecule is C=C1c2c(nc(C)c(CN)c2-c2ccc(Cl)cc2Cl)CN1CCOC. The Morgan fingerprint density at radius 3 is 2.72 bits per heavy atom. The van der Waals surface area contributed by atoms with Crippen molar-refractivity contribution in [2.45, 2.75) is 20.0 Å². The maximum atomic E-state index is 6.51. The molecule has 6 heteroatoms. The number of ether oxygens (including phenoxy) is 1. The molecule has 25 heavy (non-hydrogen) atoms. The number of hydrogen-bond donors (Lipinski definition) is 1. The highest BCUT2D eigenvalue weighted by Gasteiger charge is 2.30. The molecule has 0 amide bonds. The van der Waals surface area contributed by atoms with Crippen molar-refractivity contribution >= 4 is 28.9 Å². The number of aryl methyl sites for hydroxylation is 1. The summed E-state index contributed by atoms with van der Waals surface area (Å²) in [5.74, 6) is 0. The zero-order valence-electron chi connectivity index (χ0n) is 14.4. The largest absolute Gasteiger partial charge is 0.383 e. The first kappa shape index (κ1) is 18.2. The Morgan fingerprint density at radius 1 is 1.32 bits per heavy atom. The van der Waals surface area contributed by atoms with Crippen LogP contribution >= 0.6 is 23.2 Å². The van der Waals surface area contributed by atoms with Crippen molar-refractivity contribution in [2.75, 3.05) is 20.3 Å². The quantitative estimate of drug-likeness (QED) is 0.845. The lowest BCUT2D eigenvalue weighted by Crippen LogP contribution is -2.20. The molecule has 0 saturated carbocycles. The Morgan fingerprint density at radius 2 is 2.08 bits per heavy atom. The molecule has 0 aliphatic carbocycles. The first-order chi connectivity index (χ1) is 12.0. The van der Waals surface area contributed by atoms with Crippen molar-refractivity contribution in [1.29, 1.82) is 0 Å². The predicted octanol–water partition coefficient (Wildman–Crippen LogP) is 4.26. The summed E-state index contributed by atoms with van der Waals surface area (Å²) in [5.41, 5.74) is 12.8. The molecule has 0 unspecified atom stereocenters. The summed E-state index contributed by atoms with van der Waals surface area (Å²) in [4.78, 5) is 6.95. The van der Waals surface area contributed by atoms with E-state index in [1.807, 2.05) is 19.1 Å². The van der Waals surface area contributed by atoms with E-state index in [2.05, 4.69) is 11.5 Å². The van der Waals surface area contributed by atoms with Crippen LogP contribution in [0.4, 0.5) is 0 Å². The van der Waals surface area contributed by atoms with Gasteiger partial charge in [-0.25, -0.2) is 0 Å². The van der Waals surface area contributed by atoms with Gasteiger partial charge in [-0.15, -0.1) is 0 Å². The number of pyridine rings is 1. The highest BCUT2D eigenvalue weighted by molar-refractivity contribution is 6.36. The number of benzene rings is 1.